The average molecular weight is 522 g/mol. The number of nitrogens with zero attached hydrogens (tertiary/aromatic N) is 4. The van der Waals surface area contributed by atoms with Crippen molar-refractivity contribution in [1.29, 1.82) is 5.26 Å². The molecule has 11 heteroatoms. The number of anilines is 2. The lowest BCUT2D eigenvalue weighted by molar-refractivity contribution is 0.0976. The molecule has 182 valence electrons. The summed E-state index contributed by atoms with van der Waals surface area (Å²) in [5.41, 5.74) is 2.46. The van der Waals surface area contributed by atoms with Crippen molar-refractivity contribution in [2.75, 3.05) is 4.90 Å². The number of benzene rings is 2. The molecule has 0 saturated carbocycles. The van der Waals surface area contributed by atoms with E-state index in [9.17, 15) is 17.6 Å². The maximum absolute atomic E-state index is 13.4. The van der Waals surface area contributed by atoms with Crippen molar-refractivity contribution in [3.8, 4) is 6.07 Å². The van der Waals surface area contributed by atoms with E-state index in [1.807, 2.05) is 4.90 Å². The van der Waals surface area contributed by atoms with E-state index in [2.05, 4.69) is 20.8 Å². The third-order valence-electron chi connectivity index (χ3n) is 5.15. The van der Waals surface area contributed by atoms with Gasteiger partial charge in [0.1, 0.15) is 11.5 Å². The highest BCUT2D eigenvalue weighted by molar-refractivity contribution is 7.89. The largest absolute Gasteiger partial charge is 0.313 e. The van der Waals surface area contributed by atoms with E-state index in [0.29, 0.717) is 33.4 Å². The first kappa shape index (κ1) is 25.0. The van der Waals surface area contributed by atoms with Gasteiger partial charge >= 0.3 is 0 Å². The molecular formula is C25H20FN5O3S2. The van der Waals surface area contributed by atoms with Gasteiger partial charge in [-0.3, -0.25) is 9.78 Å². The Hall–Kier alpha value is -4.14. The second kappa shape index (κ2) is 10.6. The van der Waals surface area contributed by atoms with Crippen LogP contribution in [0.1, 0.15) is 32.1 Å². The van der Waals surface area contributed by atoms with Crippen LogP contribution in [-0.4, -0.2) is 24.3 Å². The monoisotopic (exact) mass is 521 g/mol. The summed E-state index contributed by atoms with van der Waals surface area (Å²) in [5.74, 6) is -1.56. The molecule has 0 saturated heterocycles. The van der Waals surface area contributed by atoms with Crippen molar-refractivity contribution in [2.24, 2.45) is 0 Å². The smallest absolute Gasteiger partial charge is 0.284 e. The Bertz CT molecular complexity index is 1510. The molecule has 4 aromatic rings. The van der Waals surface area contributed by atoms with E-state index >= 15 is 0 Å². The predicted molar refractivity (Wildman–Crippen MR) is 135 cm³/mol. The van der Waals surface area contributed by atoms with Gasteiger partial charge in [0, 0.05) is 23.0 Å². The fraction of sp³-hybridized carbons (Fsp3) is 0.120. The molecule has 0 aliphatic carbocycles. The minimum absolute atomic E-state index is 0.00828. The fourth-order valence-electron chi connectivity index (χ4n) is 3.39. The highest BCUT2D eigenvalue weighted by Crippen LogP contribution is 2.33. The van der Waals surface area contributed by atoms with Gasteiger partial charge < -0.3 is 4.90 Å². The fourth-order valence-corrected chi connectivity index (χ4v) is 5.40. The molecule has 0 fully saturated rings. The quantitative estimate of drug-likeness (QED) is 0.364. The second-order valence-corrected chi connectivity index (χ2v) is 10.7. The van der Waals surface area contributed by atoms with Crippen LogP contribution in [0.3, 0.4) is 0 Å². The number of hydrogen-bond acceptors (Lipinski definition) is 8. The van der Waals surface area contributed by atoms with Gasteiger partial charge in [0.25, 0.3) is 5.91 Å². The first-order valence-corrected chi connectivity index (χ1v) is 13.1. The first-order chi connectivity index (χ1) is 17.2. The number of aromatic nitrogens is 2. The zero-order chi connectivity index (χ0) is 25.7. The van der Waals surface area contributed by atoms with Crippen LogP contribution >= 0.6 is 11.3 Å². The Balaban J connectivity index is 1.62. The van der Waals surface area contributed by atoms with E-state index in [0.717, 1.165) is 5.56 Å². The summed E-state index contributed by atoms with van der Waals surface area (Å²) >= 11 is 1.22. The van der Waals surface area contributed by atoms with Crippen LogP contribution in [0.2, 0.25) is 0 Å². The van der Waals surface area contributed by atoms with E-state index in [4.69, 9.17) is 5.26 Å². The van der Waals surface area contributed by atoms with Crippen molar-refractivity contribution in [2.45, 2.75) is 19.2 Å². The van der Waals surface area contributed by atoms with Gasteiger partial charge in [-0.05, 0) is 66.6 Å². The second-order valence-electron chi connectivity index (χ2n) is 7.82. The molecule has 0 aliphatic heterocycles. The van der Waals surface area contributed by atoms with Crippen LogP contribution in [0.15, 0.2) is 73.1 Å². The van der Waals surface area contributed by atoms with Gasteiger partial charge in [-0.15, -0.1) is 11.3 Å². The summed E-state index contributed by atoms with van der Waals surface area (Å²) in [5, 5.41) is 9.57. The maximum Gasteiger partial charge on any atom is 0.284 e. The molecular weight excluding hydrogens is 501 g/mol. The predicted octanol–water partition coefficient (Wildman–Crippen LogP) is 4.46. The number of rotatable bonds is 8. The minimum Gasteiger partial charge on any atom is -0.313 e. The molecule has 8 nitrogen and oxygen atoms in total. The molecule has 2 aromatic carbocycles. The van der Waals surface area contributed by atoms with E-state index in [-0.39, 0.29) is 17.3 Å². The number of carbonyl (C=O) groups is 1. The molecule has 0 aliphatic rings. The van der Waals surface area contributed by atoms with Crippen molar-refractivity contribution >= 4 is 38.1 Å². The lowest BCUT2D eigenvalue weighted by Gasteiger charge is -2.22. The molecule has 0 unspecified atom stereocenters. The number of pyridine rings is 1. The third kappa shape index (κ3) is 6.10. The Morgan fingerprint density at radius 3 is 2.36 bits per heavy atom. The van der Waals surface area contributed by atoms with E-state index in [1.165, 1.54) is 35.9 Å². The molecule has 1 N–H and O–H groups in total. The lowest BCUT2D eigenvalue weighted by Crippen LogP contribution is -2.32. The summed E-state index contributed by atoms with van der Waals surface area (Å²) in [6, 6.07) is 18.0. The van der Waals surface area contributed by atoms with Crippen molar-refractivity contribution in [1.82, 2.24) is 14.7 Å². The molecule has 2 heterocycles. The number of aryl methyl sites for hydroxylation is 1. The molecule has 36 heavy (non-hydrogen) atoms. The van der Waals surface area contributed by atoms with Gasteiger partial charge in [0.2, 0.25) is 10.0 Å². The summed E-state index contributed by atoms with van der Waals surface area (Å²) < 4.78 is 40.6. The zero-order valence-electron chi connectivity index (χ0n) is 19.1. The van der Waals surface area contributed by atoms with Crippen molar-refractivity contribution in [3.63, 3.8) is 0 Å². The van der Waals surface area contributed by atoms with Gasteiger partial charge in [-0.25, -0.2) is 22.5 Å². The SMILES string of the molecule is Cc1sc(N(Cc2ccc(F)cc2)c2ccc(C#N)cc2)nc1C(=O)NS(=O)(=O)Cc1ccncc1. The van der Waals surface area contributed by atoms with Crippen LogP contribution in [-0.2, 0) is 22.3 Å². The molecule has 0 bridgehead atoms. The number of sulfonamides is 1. The number of nitrogens with one attached hydrogen (secondary N) is 1. The van der Waals surface area contributed by atoms with Gasteiger partial charge in [0.05, 0.1) is 23.9 Å². The normalized spacial score (nSPS) is 11.0. The van der Waals surface area contributed by atoms with Crippen LogP contribution in [0.4, 0.5) is 15.2 Å². The Morgan fingerprint density at radius 1 is 1.06 bits per heavy atom. The number of carbonyl (C=O) groups excluding carboxylic acids is 1. The summed E-state index contributed by atoms with van der Waals surface area (Å²) in [6.45, 7) is 1.99. The highest BCUT2D eigenvalue weighted by atomic mass is 32.2. The third-order valence-corrected chi connectivity index (χ3v) is 7.35. The number of amides is 1. The Morgan fingerprint density at radius 2 is 1.72 bits per heavy atom. The maximum atomic E-state index is 13.4. The van der Waals surface area contributed by atoms with Crippen LogP contribution < -0.4 is 9.62 Å². The van der Waals surface area contributed by atoms with Crippen molar-refractivity contribution < 1.29 is 17.6 Å². The molecule has 4 rings (SSSR count). The van der Waals surface area contributed by atoms with E-state index < -0.39 is 15.9 Å². The molecule has 0 spiro atoms. The molecule has 2 aromatic heterocycles. The zero-order valence-corrected chi connectivity index (χ0v) is 20.7. The Labute approximate surface area is 211 Å². The van der Waals surface area contributed by atoms with Crippen LogP contribution in [0.25, 0.3) is 0 Å². The summed E-state index contributed by atoms with van der Waals surface area (Å²) in [7, 11) is -3.96. The first-order valence-electron chi connectivity index (χ1n) is 10.7. The molecule has 0 atom stereocenters. The van der Waals surface area contributed by atoms with Gasteiger partial charge in [-0.2, -0.15) is 5.26 Å². The Kier molecular flexibility index (Phi) is 7.38. The minimum atomic E-state index is -3.96. The van der Waals surface area contributed by atoms with Crippen LogP contribution in [0, 0.1) is 24.1 Å². The molecule has 0 radical (unpaired) electrons. The van der Waals surface area contributed by atoms with E-state index in [1.54, 1.807) is 55.5 Å². The topological polar surface area (TPSA) is 116 Å². The van der Waals surface area contributed by atoms with Gasteiger partial charge in [-0.1, -0.05) is 12.1 Å². The van der Waals surface area contributed by atoms with Crippen molar-refractivity contribution in [3.05, 3.63) is 106 Å². The van der Waals surface area contributed by atoms with Crippen LogP contribution in [0.5, 0.6) is 0 Å². The van der Waals surface area contributed by atoms with Gasteiger partial charge in [0.15, 0.2) is 5.13 Å². The standard InChI is InChI=1S/C25H20FN5O3S2/c1-17-23(24(32)30-36(33,34)16-20-10-12-28-13-11-20)29-25(35-17)31(15-19-2-6-21(26)7-3-19)22-8-4-18(14-27)5-9-22/h2-13H,15-16H2,1H3,(H,30,32). The number of thiazole rings is 1. The highest BCUT2D eigenvalue weighted by Gasteiger charge is 2.24. The number of hydrogen-bond donors (Lipinski definition) is 1. The summed E-state index contributed by atoms with van der Waals surface area (Å²) in [6.07, 6.45) is 2.95. The lowest BCUT2D eigenvalue weighted by atomic mass is 10.1. The number of halogens is 1. The average Bonchev–Trinajstić information content (AvgIpc) is 3.25. The number of nitriles is 1. The summed E-state index contributed by atoms with van der Waals surface area (Å²) in [4.78, 5) is 23.5. The molecule has 1 amide bonds.